The number of rotatable bonds is 2. The Morgan fingerprint density at radius 1 is 1.00 bits per heavy atom. The molecule has 0 fully saturated rings. The van der Waals surface area contributed by atoms with Crippen molar-refractivity contribution in [2.75, 3.05) is 7.11 Å². The third-order valence-electron chi connectivity index (χ3n) is 3.43. The molecule has 0 N–H and O–H groups in total. The van der Waals surface area contributed by atoms with E-state index < -0.39 is 0 Å². The number of nitrogens with zero attached hydrogens (tertiary/aromatic N) is 4. The molecular formula is C16H12N4O. The van der Waals surface area contributed by atoms with Crippen molar-refractivity contribution < 1.29 is 4.74 Å². The monoisotopic (exact) mass is 276 g/mol. The van der Waals surface area contributed by atoms with Gasteiger partial charge in [-0.05, 0) is 36.4 Å². The zero-order chi connectivity index (χ0) is 14.2. The van der Waals surface area contributed by atoms with E-state index in [1.807, 2.05) is 48.5 Å². The molecule has 0 unspecified atom stereocenters. The molecule has 4 aromatic rings. The van der Waals surface area contributed by atoms with Gasteiger partial charge in [-0.2, -0.15) is 0 Å². The van der Waals surface area contributed by atoms with Gasteiger partial charge in [0.25, 0.3) is 0 Å². The lowest BCUT2D eigenvalue weighted by molar-refractivity contribution is 0.415. The Kier molecular flexibility index (Phi) is 2.57. The van der Waals surface area contributed by atoms with Crippen LogP contribution in [0.2, 0.25) is 0 Å². The molecule has 2 heterocycles. The summed E-state index contributed by atoms with van der Waals surface area (Å²) in [5, 5.41) is 5.48. The first-order chi connectivity index (χ1) is 10.3. The quantitative estimate of drug-likeness (QED) is 0.565. The normalized spacial score (nSPS) is 11.1. The fourth-order valence-electron chi connectivity index (χ4n) is 2.34. The van der Waals surface area contributed by atoms with E-state index >= 15 is 0 Å². The molecule has 2 aromatic heterocycles. The lowest BCUT2D eigenvalue weighted by Crippen LogP contribution is -1.90. The van der Waals surface area contributed by atoms with Gasteiger partial charge in [0, 0.05) is 10.9 Å². The highest BCUT2D eigenvalue weighted by Crippen LogP contribution is 2.22. The summed E-state index contributed by atoms with van der Waals surface area (Å²) in [4.78, 5) is 9.02. The van der Waals surface area contributed by atoms with Crippen molar-refractivity contribution >= 4 is 16.6 Å². The average Bonchev–Trinajstić information content (AvgIpc) is 2.99. The van der Waals surface area contributed by atoms with Crippen LogP contribution in [0.3, 0.4) is 0 Å². The molecule has 5 nitrogen and oxygen atoms in total. The van der Waals surface area contributed by atoms with Crippen LogP contribution < -0.4 is 4.74 Å². The van der Waals surface area contributed by atoms with E-state index in [9.17, 15) is 0 Å². The van der Waals surface area contributed by atoms with Gasteiger partial charge in [-0.25, -0.2) is 14.5 Å². The lowest BCUT2D eigenvalue weighted by Gasteiger charge is -1.99. The fraction of sp³-hybridized carbons (Fsp3) is 0.0625. The predicted octanol–water partition coefficient (Wildman–Crippen LogP) is 2.95. The number of hydrogen-bond acceptors (Lipinski definition) is 4. The molecule has 0 aliphatic rings. The molecule has 0 saturated carbocycles. The Morgan fingerprint density at radius 2 is 1.81 bits per heavy atom. The highest BCUT2D eigenvalue weighted by atomic mass is 16.5. The second-order valence-electron chi connectivity index (χ2n) is 4.69. The van der Waals surface area contributed by atoms with Crippen molar-refractivity contribution in [3.63, 3.8) is 0 Å². The molecule has 4 rings (SSSR count). The molecule has 0 saturated heterocycles. The molecule has 0 amide bonds. The Morgan fingerprint density at radius 3 is 2.62 bits per heavy atom. The minimum Gasteiger partial charge on any atom is -0.497 e. The molecule has 5 heteroatoms. The maximum atomic E-state index is 5.17. The summed E-state index contributed by atoms with van der Waals surface area (Å²) in [5.41, 5.74) is 2.67. The van der Waals surface area contributed by atoms with E-state index in [0.29, 0.717) is 5.82 Å². The average molecular weight is 276 g/mol. The van der Waals surface area contributed by atoms with E-state index in [4.69, 9.17) is 4.74 Å². The maximum absolute atomic E-state index is 5.17. The number of hydrogen-bond donors (Lipinski definition) is 0. The van der Waals surface area contributed by atoms with Crippen LogP contribution >= 0.6 is 0 Å². The Bertz CT molecular complexity index is 928. The molecule has 0 bridgehead atoms. The first kappa shape index (κ1) is 11.8. The molecular weight excluding hydrogens is 264 g/mol. The minimum atomic E-state index is 0.677. The third-order valence-corrected chi connectivity index (χ3v) is 3.43. The van der Waals surface area contributed by atoms with Gasteiger partial charge in [0.15, 0.2) is 11.5 Å². The Balaban J connectivity index is 1.91. The summed E-state index contributed by atoms with van der Waals surface area (Å²) in [5.74, 6) is 1.49. The number of para-hydroxylation sites is 1. The largest absolute Gasteiger partial charge is 0.497 e. The van der Waals surface area contributed by atoms with Crippen LogP contribution in [0.5, 0.6) is 5.75 Å². The first-order valence-corrected chi connectivity index (χ1v) is 6.60. The summed E-state index contributed by atoms with van der Waals surface area (Å²) in [7, 11) is 1.65. The standard InChI is InChI=1S/C16H12N4O/c1-21-12-8-6-11(7-9-12)15-18-16-13-4-2-3-5-14(13)17-10-20(16)19-15/h2-10H,1H3. The third kappa shape index (κ3) is 1.90. The smallest absolute Gasteiger partial charge is 0.182 e. The van der Waals surface area contributed by atoms with Gasteiger partial charge >= 0.3 is 0 Å². The van der Waals surface area contributed by atoms with Crippen LogP contribution in [0.4, 0.5) is 0 Å². The number of fused-ring (bicyclic) bond motifs is 3. The predicted molar refractivity (Wildman–Crippen MR) is 80.3 cm³/mol. The molecule has 0 spiro atoms. The fourth-order valence-corrected chi connectivity index (χ4v) is 2.34. The van der Waals surface area contributed by atoms with E-state index in [1.54, 1.807) is 18.0 Å². The van der Waals surface area contributed by atoms with Crippen LogP contribution in [0.15, 0.2) is 54.9 Å². The number of ether oxygens (including phenoxy) is 1. The van der Waals surface area contributed by atoms with Gasteiger partial charge in [-0.15, -0.1) is 5.10 Å². The molecule has 2 aromatic carbocycles. The van der Waals surface area contributed by atoms with Crippen LogP contribution in [0.25, 0.3) is 27.9 Å². The van der Waals surface area contributed by atoms with Crippen molar-refractivity contribution in [1.29, 1.82) is 0 Å². The SMILES string of the molecule is COc1ccc(-c2nc3c4ccccc4ncn3n2)cc1. The van der Waals surface area contributed by atoms with Gasteiger partial charge in [-0.1, -0.05) is 12.1 Å². The zero-order valence-electron chi connectivity index (χ0n) is 11.4. The second-order valence-corrected chi connectivity index (χ2v) is 4.69. The van der Waals surface area contributed by atoms with E-state index in [1.165, 1.54) is 0 Å². The van der Waals surface area contributed by atoms with Crippen molar-refractivity contribution in [3.05, 3.63) is 54.9 Å². The molecule has 0 aliphatic heterocycles. The van der Waals surface area contributed by atoms with Gasteiger partial charge in [-0.3, -0.25) is 0 Å². The summed E-state index contributed by atoms with van der Waals surface area (Å²) >= 11 is 0. The van der Waals surface area contributed by atoms with Gasteiger partial charge < -0.3 is 4.74 Å². The maximum Gasteiger partial charge on any atom is 0.182 e. The van der Waals surface area contributed by atoms with Crippen molar-refractivity contribution in [2.24, 2.45) is 0 Å². The van der Waals surface area contributed by atoms with Crippen LogP contribution in [0.1, 0.15) is 0 Å². The summed E-state index contributed by atoms with van der Waals surface area (Å²) in [6.45, 7) is 0. The highest BCUT2D eigenvalue weighted by molar-refractivity contribution is 5.91. The Labute approximate surface area is 120 Å². The highest BCUT2D eigenvalue weighted by Gasteiger charge is 2.09. The number of benzene rings is 2. The number of aromatic nitrogens is 4. The van der Waals surface area contributed by atoms with Crippen molar-refractivity contribution in [1.82, 2.24) is 19.6 Å². The van der Waals surface area contributed by atoms with Crippen molar-refractivity contribution in [3.8, 4) is 17.1 Å². The molecule has 0 radical (unpaired) electrons. The van der Waals surface area contributed by atoms with Crippen molar-refractivity contribution in [2.45, 2.75) is 0 Å². The molecule has 0 atom stereocenters. The first-order valence-electron chi connectivity index (χ1n) is 6.60. The second kappa shape index (κ2) is 4.56. The van der Waals surface area contributed by atoms with Crippen LogP contribution in [-0.4, -0.2) is 26.7 Å². The zero-order valence-corrected chi connectivity index (χ0v) is 11.4. The summed E-state index contributed by atoms with van der Waals surface area (Å²) < 4.78 is 6.88. The van der Waals surface area contributed by atoms with Crippen LogP contribution in [-0.2, 0) is 0 Å². The van der Waals surface area contributed by atoms with E-state index in [-0.39, 0.29) is 0 Å². The van der Waals surface area contributed by atoms with Gasteiger partial charge in [0.05, 0.1) is 12.6 Å². The van der Waals surface area contributed by atoms with Crippen LogP contribution in [0, 0.1) is 0 Å². The summed E-state index contributed by atoms with van der Waals surface area (Å²) in [6.07, 6.45) is 1.69. The number of methoxy groups -OCH3 is 1. The minimum absolute atomic E-state index is 0.677. The molecule has 102 valence electrons. The molecule has 21 heavy (non-hydrogen) atoms. The summed E-state index contributed by atoms with van der Waals surface area (Å²) in [6, 6.07) is 15.6. The van der Waals surface area contributed by atoms with E-state index in [0.717, 1.165) is 27.9 Å². The van der Waals surface area contributed by atoms with E-state index in [2.05, 4.69) is 15.1 Å². The van der Waals surface area contributed by atoms with Gasteiger partial charge in [0.2, 0.25) is 0 Å². The topological polar surface area (TPSA) is 52.3 Å². The van der Waals surface area contributed by atoms with Gasteiger partial charge in [0.1, 0.15) is 12.1 Å². The lowest BCUT2D eigenvalue weighted by atomic mass is 10.2. The Hall–Kier alpha value is -2.95. The molecule has 0 aliphatic carbocycles.